The lowest BCUT2D eigenvalue weighted by Gasteiger charge is -2.08. The standard InChI is InChI=1S/C12H11N3O4/c1-19-8-5-3-2-4-7(8)15-11(16)9-10(12(17)18)14-6-13-9/h2-6H,1H3,(H,13,14)(H,15,16)(H,17,18). The van der Waals surface area contributed by atoms with Crippen LogP contribution in [-0.2, 0) is 0 Å². The Bertz CT molecular complexity index is 621. The van der Waals surface area contributed by atoms with Crippen LogP contribution in [0, 0.1) is 0 Å². The zero-order valence-electron chi connectivity index (χ0n) is 10.0. The van der Waals surface area contributed by atoms with Gasteiger partial charge in [-0.2, -0.15) is 0 Å². The lowest BCUT2D eigenvalue weighted by molar-refractivity contribution is 0.0686. The van der Waals surface area contributed by atoms with E-state index in [0.29, 0.717) is 11.4 Å². The summed E-state index contributed by atoms with van der Waals surface area (Å²) in [5, 5.41) is 11.4. The molecule has 0 saturated heterocycles. The van der Waals surface area contributed by atoms with Gasteiger partial charge in [0.2, 0.25) is 0 Å². The van der Waals surface area contributed by atoms with E-state index in [2.05, 4.69) is 15.3 Å². The molecule has 0 fully saturated rings. The molecule has 1 aromatic carbocycles. The number of anilines is 1. The minimum atomic E-state index is -1.25. The molecule has 7 nitrogen and oxygen atoms in total. The first-order valence-corrected chi connectivity index (χ1v) is 5.34. The monoisotopic (exact) mass is 261 g/mol. The van der Waals surface area contributed by atoms with Gasteiger partial charge >= 0.3 is 5.97 Å². The van der Waals surface area contributed by atoms with E-state index in [-0.39, 0.29) is 11.4 Å². The van der Waals surface area contributed by atoms with Gasteiger partial charge < -0.3 is 20.1 Å². The molecule has 0 spiro atoms. The number of para-hydroxylation sites is 2. The second-order valence-corrected chi connectivity index (χ2v) is 3.59. The summed E-state index contributed by atoms with van der Waals surface area (Å²) >= 11 is 0. The van der Waals surface area contributed by atoms with Crippen LogP contribution in [0.15, 0.2) is 30.6 Å². The van der Waals surface area contributed by atoms with Gasteiger partial charge in [0.1, 0.15) is 5.75 Å². The molecular weight excluding hydrogens is 250 g/mol. The number of H-pyrrole nitrogens is 1. The molecule has 1 aromatic heterocycles. The van der Waals surface area contributed by atoms with E-state index in [1.54, 1.807) is 24.3 Å². The average molecular weight is 261 g/mol. The molecule has 0 aliphatic rings. The van der Waals surface area contributed by atoms with Crippen molar-refractivity contribution in [1.82, 2.24) is 9.97 Å². The largest absolute Gasteiger partial charge is 0.495 e. The number of carbonyl (C=O) groups excluding carboxylic acids is 1. The van der Waals surface area contributed by atoms with Crippen LogP contribution in [0.4, 0.5) is 5.69 Å². The lowest BCUT2D eigenvalue weighted by atomic mass is 10.2. The molecular formula is C12H11N3O4. The molecule has 0 atom stereocenters. The number of hydrogen-bond acceptors (Lipinski definition) is 4. The molecule has 1 heterocycles. The average Bonchev–Trinajstić information content (AvgIpc) is 2.88. The van der Waals surface area contributed by atoms with Crippen LogP contribution in [-0.4, -0.2) is 34.1 Å². The van der Waals surface area contributed by atoms with Crippen molar-refractivity contribution in [1.29, 1.82) is 0 Å². The Morgan fingerprint density at radius 3 is 2.79 bits per heavy atom. The fourth-order valence-electron chi connectivity index (χ4n) is 1.56. The number of rotatable bonds is 4. The zero-order valence-corrected chi connectivity index (χ0v) is 10.0. The van der Waals surface area contributed by atoms with Crippen molar-refractivity contribution >= 4 is 17.6 Å². The van der Waals surface area contributed by atoms with Crippen molar-refractivity contribution in [2.24, 2.45) is 0 Å². The van der Waals surface area contributed by atoms with Crippen molar-refractivity contribution in [3.63, 3.8) is 0 Å². The molecule has 0 saturated carbocycles. The summed E-state index contributed by atoms with van der Waals surface area (Å²) in [5.41, 5.74) is 0.000132. The van der Waals surface area contributed by atoms with Crippen molar-refractivity contribution < 1.29 is 19.4 Å². The Balaban J connectivity index is 2.26. The Kier molecular flexibility index (Phi) is 3.46. The number of carbonyl (C=O) groups is 2. The van der Waals surface area contributed by atoms with E-state index < -0.39 is 11.9 Å². The van der Waals surface area contributed by atoms with Crippen LogP contribution in [0.5, 0.6) is 5.75 Å². The second kappa shape index (κ2) is 5.21. The maximum Gasteiger partial charge on any atom is 0.354 e. The number of benzene rings is 1. The maximum atomic E-state index is 12.0. The molecule has 0 radical (unpaired) electrons. The predicted octanol–water partition coefficient (Wildman–Crippen LogP) is 1.37. The van der Waals surface area contributed by atoms with Crippen LogP contribution in [0.2, 0.25) is 0 Å². The van der Waals surface area contributed by atoms with Crippen LogP contribution >= 0.6 is 0 Å². The summed E-state index contributed by atoms with van der Waals surface area (Å²) in [6.45, 7) is 0. The maximum absolute atomic E-state index is 12.0. The highest BCUT2D eigenvalue weighted by Crippen LogP contribution is 2.23. The predicted molar refractivity (Wildman–Crippen MR) is 66.5 cm³/mol. The number of imidazole rings is 1. The number of aromatic carboxylic acids is 1. The van der Waals surface area contributed by atoms with E-state index in [4.69, 9.17) is 9.84 Å². The minimum Gasteiger partial charge on any atom is -0.495 e. The van der Waals surface area contributed by atoms with Crippen LogP contribution in [0.3, 0.4) is 0 Å². The molecule has 1 amide bonds. The zero-order chi connectivity index (χ0) is 13.8. The normalized spacial score (nSPS) is 9.95. The quantitative estimate of drug-likeness (QED) is 0.771. The lowest BCUT2D eigenvalue weighted by Crippen LogP contribution is -2.17. The van der Waals surface area contributed by atoms with Crippen molar-refractivity contribution in [2.45, 2.75) is 0 Å². The molecule has 0 unspecified atom stereocenters. The van der Waals surface area contributed by atoms with Gasteiger partial charge in [-0.1, -0.05) is 12.1 Å². The number of amides is 1. The highest BCUT2D eigenvalue weighted by atomic mass is 16.5. The van der Waals surface area contributed by atoms with Gasteiger partial charge in [-0.15, -0.1) is 0 Å². The highest BCUT2D eigenvalue weighted by molar-refractivity contribution is 6.09. The molecule has 2 aromatic rings. The molecule has 0 aliphatic heterocycles. The Morgan fingerprint density at radius 1 is 1.37 bits per heavy atom. The van der Waals surface area contributed by atoms with Gasteiger partial charge in [0, 0.05) is 0 Å². The number of ether oxygens (including phenoxy) is 1. The Hall–Kier alpha value is -2.83. The van der Waals surface area contributed by atoms with Crippen molar-refractivity contribution in [3.05, 3.63) is 42.0 Å². The number of aromatic amines is 1. The van der Waals surface area contributed by atoms with Gasteiger partial charge in [0.15, 0.2) is 11.4 Å². The number of aromatic nitrogens is 2. The molecule has 98 valence electrons. The fraction of sp³-hybridized carbons (Fsp3) is 0.0833. The summed E-state index contributed by atoms with van der Waals surface area (Å²) in [6, 6.07) is 6.80. The van der Waals surface area contributed by atoms with Crippen LogP contribution < -0.4 is 10.1 Å². The van der Waals surface area contributed by atoms with Gasteiger partial charge in [0.05, 0.1) is 19.1 Å². The van der Waals surface area contributed by atoms with E-state index in [1.165, 1.54) is 7.11 Å². The van der Waals surface area contributed by atoms with E-state index in [0.717, 1.165) is 6.33 Å². The van der Waals surface area contributed by atoms with Crippen molar-refractivity contribution in [3.8, 4) is 5.75 Å². The van der Waals surface area contributed by atoms with Crippen LogP contribution in [0.25, 0.3) is 0 Å². The number of methoxy groups -OCH3 is 1. The summed E-state index contributed by atoms with van der Waals surface area (Å²) < 4.78 is 5.08. The van der Waals surface area contributed by atoms with E-state index in [9.17, 15) is 9.59 Å². The van der Waals surface area contributed by atoms with Gasteiger partial charge in [-0.25, -0.2) is 9.78 Å². The van der Waals surface area contributed by atoms with Gasteiger partial charge in [0.25, 0.3) is 5.91 Å². The third-order valence-electron chi connectivity index (χ3n) is 2.42. The second-order valence-electron chi connectivity index (χ2n) is 3.59. The summed E-state index contributed by atoms with van der Waals surface area (Å²) in [7, 11) is 1.47. The van der Waals surface area contributed by atoms with Crippen LogP contribution in [0.1, 0.15) is 21.0 Å². The first kappa shape index (κ1) is 12.6. The summed E-state index contributed by atoms with van der Waals surface area (Å²) in [4.78, 5) is 28.9. The number of nitrogens with one attached hydrogen (secondary N) is 2. The molecule has 3 N–H and O–H groups in total. The third-order valence-corrected chi connectivity index (χ3v) is 2.42. The van der Waals surface area contributed by atoms with E-state index in [1.807, 2.05) is 0 Å². The van der Waals surface area contributed by atoms with E-state index >= 15 is 0 Å². The summed E-state index contributed by atoms with van der Waals surface area (Å²) in [5.74, 6) is -1.39. The first-order chi connectivity index (χ1) is 9.13. The minimum absolute atomic E-state index is 0.182. The number of carboxylic acid groups (broad SMARTS) is 1. The smallest absolute Gasteiger partial charge is 0.354 e. The molecule has 0 aliphatic carbocycles. The highest BCUT2D eigenvalue weighted by Gasteiger charge is 2.20. The van der Waals surface area contributed by atoms with Gasteiger partial charge in [-0.3, -0.25) is 4.79 Å². The molecule has 0 bridgehead atoms. The third kappa shape index (κ3) is 2.54. The van der Waals surface area contributed by atoms with Crippen molar-refractivity contribution in [2.75, 3.05) is 12.4 Å². The molecule has 7 heteroatoms. The Morgan fingerprint density at radius 2 is 2.11 bits per heavy atom. The number of hydrogen-bond donors (Lipinski definition) is 3. The fourth-order valence-corrected chi connectivity index (χ4v) is 1.56. The summed E-state index contributed by atoms with van der Waals surface area (Å²) in [6.07, 6.45) is 1.15. The first-order valence-electron chi connectivity index (χ1n) is 5.34. The SMILES string of the molecule is COc1ccccc1NC(=O)c1nc[nH]c1C(=O)O. The topological polar surface area (TPSA) is 104 Å². The Labute approximate surface area is 108 Å². The molecule has 19 heavy (non-hydrogen) atoms. The number of nitrogens with zero attached hydrogens (tertiary/aromatic N) is 1. The van der Waals surface area contributed by atoms with Gasteiger partial charge in [-0.05, 0) is 12.1 Å². The number of carboxylic acids is 1. The molecule has 2 rings (SSSR count).